The first kappa shape index (κ1) is 20.2. The fourth-order valence-electron chi connectivity index (χ4n) is 2.62. The molecule has 0 saturated carbocycles. The summed E-state index contributed by atoms with van der Waals surface area (Å²) in [6.45, 7) is 2.03. The molecule has 0 N–H and O–H groups in total. The molecular formula is C20H17N3O5S. The average Bonchev–Trinajstić information content (AvgIpc) is 3.01. The topological polar surface area (TPSA) is 104 Å². The Labute approximate surface area is 169 Å². The van der Waals surface area contributed by atoms with E-state index in [9.17, 15) is 19.7 Å². The standard InChI is InChI=1S/C20H17N3O5S/c1-3-28-19(25)14-8-9-16-17(12-14)29-20(22(16)2)21-18(24)10-7-13-5-4-6-15(11-13)23(26)27/h4-12H,3H2,1-2H3. The first-order valence-corrected chi connectivity index (χ1v) is 9.48. The lowest BCUT2D eigenvalue weighted by molar-refractivity contribution is -0.384. The number of hydrogen-bond acceptors (Lipinski definition) is 6. The summed E-state index contributed by atoms with van der Waals surface area (Å²) in [5, 5.41) is 10.8. The van der Waals surface area contributed by atoms with Crippen LogP contribution in [0.1, 0.15) is 22.8 Å². The van der Waals surface area contributed by atoms with Crippen molar-refractivity contribution < 1.29 is 19.2 Å². The number of fused-ring (bicyclic) bond motifs is 1. The van der Waals surface area contributed by atoms with Crippen molar-refractivity contribution in [2.75, 3.05) is 6.61 Å². The summed E-state index contributed by atoms with van der Waals surface area (Å²) in [5.74, 6) is -0.899. The van der Waals surface area contributed by atoms with Crippen molar-refractivity contribution in [2.45, 2.75) is 6.92 Å². The van der Waals surface area contributed by atoms with Crippen LogP contribution in [0.2, 0.25) is 0 Å². The summed E-state index contributed by atoms with van der Waals surface area (Å²) in [5.41, 5.74) is 1.74. The van der Waals surface area contributed by atoms with Gasteiger partial charge in [-0.3, -0.25) is 14.9 Å². The smallest absolute Gasteiger partial charge is 0.338 e. The van der Waals surface area contributed by atoms with Crippen LogP contribution >= 0.6 is 11.3 Å². The molecule has 148 valence electrons. The zero-order chi connectivity index (χ0) is 21.0. The second-order valence-corrected chi connectivity index (χ2v) is 6.99. The molecule has 0 bridgehead atoms. The molecule has 3 rings (SSSR count). The maximum atomic E-state index is 12.2. The molecule has 8 nitrogen and oxygen atoms in total. The van der Waals surface area contributed by atoms with Gasteiger partial charge in [-0.2, -0.15) is 4.99 Å². The van der Waals surface area contributed by atoms with Gasteiger partial charge in [0.15, 0.2) is 4.80 Å². The summed E-state index contributed by atoms with van der Waals surface area (Å²) >= 11 is 1.27. The van der Waals surface area contributed by atoms with E-state index in [0.29, 0.717) is 22.5 Å². The number of thiazole rings is 1. The molecule has 0 radical (unpaired) electrons. The van der Waals surface area contributed by atoms with Crippen LogP contribution in [0.5, 0.6) is 0 Å². The number of aromatic nitrogens is 1. The molecule has 0 saturated heterocycles. The third-order valence-corrected chi connectivity index (χ3v) is 5.12. The van der Waals surface area contributed by atoms with Gasteiger partial charge in [-0.15, -0.1) is 0 Å². The zero-order valence-corrected chi connectivity index (χ0v) is 16.5. The van der Waals surface area contributed by atoms with E-state index in [1.54, 1.807) is 48.9 Å². The monoisotopic (exact) mass is 411 g/mol. The van der Waals surface area contributed by atoms with Crippen LogP contribution in [-0.2, 0) is 16.6 Å². The Kier molecular flexibility index (Phi) is 5.99. The highest BCUT2D eigenvalue weighted by Gasteiger charge is 2.10. The summed E-state index contributed by atoms with van der Waals surface area (Å²) in [6, 6.07) is 11.1. The average molecular weight is 411 g/mol. The molecule has 0 aliphatic heterocycles. The summed E-state index contributed by atoms with van der Waals surface area (Å²) in [4.78, 5) is 39.0. The predicted molar refractivity (Wildman–Crippen MR) is 109 cm³/mol. The second kappa shape index (κ2) is 8.61. The molecule has 2 aromatic carbocycles. The lowest BCUT2D eigenvalue weighted by Crippen LogP contribution is -2.12. The van der Waals surface area contributed by atoms with Crippen LogP contribution < -0.4 is 4.80 Å². The van der Waals surface area contributed by atoms with Gasteiger partial charge in [0.1, 0.15) is 0 Å². The van der Waals surface area contributed by atoms with Gasteiger partial charge in [-0.25, -0.2) is 4.79 Å². The van der Waals surface area contributed by atoms with E-state index in [-0.39, 0.29) is 5.69 Å². The van der Waals surface area contributed by atoms with E-state index in [1.165, 1.54) is 35.6 Å². The Morgan fingerprint density at radius 1 is 1.28 bits per heavy atom. The number of rotatable bonds is 5. The zero-order valence-electron chi connectivity index (χ0n) is 15.7. The maximum absolute atomic E-state index is 12.2. The third kappa shape index (κ3) is 4.64. The Hall–Kier alpha value is -3.59. The summed E-state index contributed by atoms with van der Waals surface area (Å²) in [6.07, 6.45) is 2.73. The molecule has 0 spiro atoms. The molecule has 0 unspecified atom stereocenters. The van der Waals surface area contributed by atoms with Gasteiger partial charge >= 0.3 is 5.97 Å². The van der Waals surface area contributed by atoms with Crippen LogP contribution in [0.25, 0.3) is 16.3 Å². The van der Waals surface area contributed by atoms with Gasteiger partial charge in [0.2, 0.25) is 0 Å². The van der Waals surface area contributed by atoms with E-state index in [4.69, 9.17) is 4.74 Å². The minimum Gasteiger partial charge on any atom is -0.462 e. The number of nitro groups is 1. The van der Waals surface area contributed by atoms with Crippen molar-refractivity contribution in [2.24, 2.45) is 12.0 Å². The van der Waals surface area contributed by atoms with E-state index in [1.807, 2.05) is 0 Å². The van der Waals surface area contributed by atoms with Crippen molar-refractivity contribution in [3.05, 3.63) is 74.6 Å². The molecule has 1 heterocycles. The highest BCUT2D eigenvalue weighted by atomic mass is 32.1. The molecule has 9 heteroatoms. The quantitative estimate of drug-likeness (QED) is 0.277. The van der Waals surface area contributed by atoms with E-state index >= 15 is 0 Å². The largest absolute Gasteiger partial charge is 0.462 e. The molecular weight excluding hydrogens is 394 g/mol. The number of aryl methyl sites for hydroxylation is 1. The van der Waals surface area contributed by atoms with Gasteiger partial charge < -0.3 is 9.30 Å². The maximum Gasteiger partial charge on any atom is 0.338 e. The first-order valence-electron chi connectivity index (χ1n) is 8.67. The SMILES string of the molecule is CCOC(=O)c1ccc2c(c1)sc(=NC(=O)C=Cc1cccc([N+](=O)[O-])c1)n2C. The number of nitro benzene ring substituents is 1. The number of ether oxygens (including phenoxy) is 1. The predicted octanol–water partition coefficient (Wildman–Crippen LogP) is 3.47. The normalized spacial score (nSPS) is 11.9. The van der Waals surface area contributed by atoms with Gasteiger partial charge in [0, 0.05) is 25.3 Å². The van der Waals surface area contributed by atoms with Crippen LogP contribution in [0, 0.1) is 10.1 Å². The number of esters is 1. The molecule has 3 aromatic rings. The van der Waals surface area contributed by atoms with E-state index < -0.39 is 16.8 Å². The minimum atomic E-state index is -0.496. The van der Waals surface area contributed by atoms with E-state index in [2.05, 4.69) is 4.99 Å². The van der Waals surface area contributed by atoms with Crippen molar-refractivity contribution in [3.63, 3.8) is 0 Å². The molecule has 0 aliphatic carbocycles. The number of non-ortho nitro benzene ring substituents is 1. The number of benzene rings is 2. The third-order valence-electron chi connectivity index (χ3n) is 4.03. The highest BCUT2D eigenvalue weighted by Crippen LogP contribution is 2.19. The fourth-order valence-corrected chi connectivity index (χ4v) is 3.69. The van der Waals surface area contributed by atoms with Crippen LogP contribution in [-0.4, -0.2) is 28.0 Å². The first-order chi connectivity index (χ1) is 13.9. The van der Waals surface area contributed by atoms with Crippen molar-refractivity contribution in [1.29, 1.82) is 0 Å². The molecule has 0 fully saturated rings. The number of nitrogens with zero attached hydrogens (tertiary/aromatic N) is 3. The highest BCUT2D eigenvalue weighted by molar-refractivity contribution is 7.16. The lowest BCUT2D eigenvalue weighted by Gasteiger charge is -2.01. The number of amides is 1. The van der Waals surface area contributed by atoms with Crippen molar-refractivity contribution in [1.82, 2.24) is 4.57 Å². The van der Waals surface area contributed by atoms with E-state index in [0.717, 1.165) is 10.2 Å². The molecule has 1 aromatic heterocycles. The van der Waals surface area contributed by atoms with Crippen molar-refractivity contribution >= 4 is 45.2 Å². The van der Waals surface area contributed by atoms with Gasteiger partial charge in [0.25, 0.3) is 11.6 Å². The number of hydrogen-bond donors (Lipinski definition) is 0. The Balaban J connectivity index is 1.88. The van der Waals surface area contributed by atoms with Gasteiger partial charge in [-0.05, 0) is 36.8 Å². The van der Waals surface area contributed by atoms with Crippen LogP contribution in [0.15, 0.2) is 53.5 Å². The van der Waals surface area contributed by atoms with Gasteiger partial charge in [-0.1, -0.05) is 23.5 Å². The Bertz CT molecular complexity index is 1210. The Morgan fingerprint density at radius 3 is 2.79 bits per heavy atom. The lowest BCUT2D eigenvalue weighted by atomic mass is 10.2. The fraction of sp³-hybridized carbons (Fsp3) is 0.150. The van der Waals surface area contributed by atoms with Crippen LogP contribution in [0.4, 0.5) is 5.69 Å². The second-order valence-electron chi connectivity index (χ2n) is 5.98. The molecule has 0 atom stereocenters. The molecule has 0 aliphatic rings. The minimum absolute atomic E-state index is 0.0511. The van der Waals surface area contributed by atoms with Gasteiger partial charge in [0.05, 0.1) is 27.3 Å². The summed E-state index contributed by atoms with van der Waals surface area (Å²) < 4.78 is 7.56. The summed E-state index contributed by atoms with van der Waals surface area (Å²) in [7, 11) is 1.78. The molecule has 1 amide bonds. The number of carbonyl (C=O) groups is 2. The van der Waals surface area contributed by atoms with Crippen molar-refractivity contribution in [3.8, 4) is 0 Å². The molecule has 29 heavy (non-hydrogen) atoms. The Morgan fingerprint density at radius 2 is 2.07 bits per heavy atom. The number of carbonyl (C=O) groups excluding carboxylic acids is 2. The van der Waals surface area contributed by atoms with Crippen LogP contribution in [0.3, 0.4) is 0 Å².